The predicted octanol–water partition coefficient (Wildman–Crippen LogP) is 5.78. The van der Waals surface area contributed by atoms with Crippen LogP contribution in [0.5, 0.6) is 0 Å². The van der Waals surface area contributed by atoms with E-state index in [1.54, 1.807) is 0 Å². The Balaban J connectivity index is 1.51. The van der Waals surface area contributed by atoms with E-state index in [0.29, 0.717) is 5.11 Å². The van der Waals surface area contributed by atoms with E-state index in [-0.39, 0.29) is 12.1 Å². The summed E-state index contributed by atoms with van der Waals surface area (Å²) in [6.45, 7) is 6.49. The average Bonchev–Trinajstić information content (AvgIpc) is 3.38. The molecule has 0 spiro atoms. The van der Waals surface area contributed by atoms with E-state index < -0.39 is 0 Å². The number of H-pyrrole nitrogens is 1. The van der Waals surface area contributed by atoms with E-state index in [0.717, 1.165) is 52.5 Å². The number of piperidine rings is 1. The summed E-state index contributed by atoms with van der Waals surface area (Å²) in [6.07, 6.45) is 4.24. The van der Waals surface area contributed by atoms with Crippen molar-refractivity contribution < 1.29 is 0 Å². The number of anilines is 2. The van der Waals surface area contributed by atoms with Crippen LogP contribution in [0.3, 0.4) is 0 Å². The van der Waals surface area contributed by atoms with Gasteiger partial charge in [0.1, 0.15) is 6.04 Å². The van der Waals surface area contributed by atoms with E-state index in [9.17, 15) is 0 Å². The highest BCUT2D eigenvalue weighted by atomic mass is 35.5. The zero-order valence-electron chi connectivity index (χ0n) is 18.4. The van der Waals surface area contributed by atoms with E-state index in [1.165, 1.54) is 12.8 Å². The fourth-order valence-electron chi connectivity index (χ4n) is 4.80. The van der Waals surface area contributed by atoms with Crippen LogP contribution in [0, 0.1) is 12.8 Å². The molecule has 2 atom stereocenters. The Morgan fingerprint density at radius 3 is 2.56 bits per heavy atom. The Kier molecular flexibility index (Phi) is 5.82. The van der Waals surface area contributed by atoms with Crippen LogP contribution in [0.4, 0.5) is 11.4 Å². The monoisotopic (exact) mass is 465 g/mol. The molecular weight excluding hydrogens is 438 g/mol. The molecule has 0 amide bonds. The highest BCUT2D eigenvalue weighted by Gasteiger charge is 2.41. The number of rotatable bonds is 4. The normalized spacial score (nSPS) is 21.8. The molecule has 2 N–H and O–H groups in total. The average molecular weight is 466 g/mol. The van der Waals surface area contributed by atoms with Crippen molar-refractivity contribution in [2.24, 2.45) is 5.92 Å². The van der Waals surface area contributed by atoms with Crippen LogP contribution in [0.1, 0.15) is 48.9 Å². The lowest BCUT2D eigenvalue weighted by atomic mass is 9.98. The summed E-state index contributed by atoms with van der Waals surface area (Å²) >= 11 is 12.6. The smallest absolute Gasteiger partial charge is 0.174 e. The number of pyridine rings is 1. The maximum atomic E-state index is 6.82. The molecule has 0 radical (unpaired) electrons. The van der Waals surface area contributed by atoms with E-state index >= 15 is 0 Å². The predicted molar refractivity (Wildman–Crippen MR) is 136 cm³/mol. The van der Waals surface area contributed by atoms with Crippen molar-refractivity contribution in [3.8, 4) is 0 Å². The number of halogens is 1. The molecule has 2 aliphatic heterocycles. The van der Waals surface area contributed by atoms with Gasteiger partial charge in [-0.2, -0.15) is 0 Å². The van der Waals surface area contributed by atoms with Crippen LogP contribution < -0.4 is 15.1 Å². The van der Waals surface area contributed by atoms with Crippen LogP contribution in [-0.4, -0.2) is 28.2 Å². The fraction of sp³-hybridized carbons (Fsp3) is 0.360. The summed E-state index contributed by atoms with van der Waals surface area (Å²) in [5.41, 5.74) is 5.26. The highest BCUT2D eigenvalue weighted by molar-refractivity contribution is 7.80. The SMILES string of the molecule is Cc1ccc(C2C(c3ccccn3)NC(=S)N2c2ccc(N3CCC(C)CC3)c(Cl)c2)[nH]1. The molecule has 0 aliphatic carbocycles. The fourth-order valence-corrected chi connectivity index (χ4v) is 5.44. The summed E-state index contributed by atoms with van der Waals surface area (Å²) in [4.78, 5) is 12.7. The molecule has 0 saturated carbocycles. The van der Waals surface area contributed by atoms with Gasteiger partial charge in [0.05, 0.1) is 22.4 Å². The number of nitrogens with zero attached hydrogens (tertiary/aromatic N) is 3. The van der Waals surface area contributed by atoms with E-state index in [4.69, 9.17) is 23.8 Å². The quantitative estimate of drug-likeness (QED) is 0.478. The van der Waals surface area contributed by atoms with Gasteiger partial charge in [-0.25, -0.2) is 0 Å². The lowest BCUT2D eigenvalue weighted by Crippen LogP contribution is -2.33. The molecule has 2 fully saturated rings. The van der Waals surface area contributed by atoms with Crippen molar-refractivity contribution in [2.75, 3.05) is 22.9 Å². The Morgan fingerprint density at radius 2 is 1.91 bits per heavy atom. The molecule has 2 aliphatic rings. The molecule has 166 valence electrons. The molecule has 5 rings (SSSR count). The maximum absolute atomic E-state index is 6.82. The van der Waals surface area contributed by atoms with Gasteiger partial charge in [0.2, 0.25) is 0 Å². The Morgan fingerprint density at radius 1 is 1.09 bits per heavy atom. The molecule has 4 heterocycles. The second-order valence-electron chi connectivity index (χ2n) is 8.90. The minimum Gasteiger partial charge on any atom is -0.370 e. The van der Waals surface area contributed by atoms with Crippen LogP contribution >= 0.6 is 23.8 Å². The lowest BCUT2D eigenvalue weighted by Gasteiger charge is -2.33. The first-order valence-electron chi connectivity index (χ1n) is 11.2. The Hall–Kier alpha value is -2.57. The topological polar surface area (TPSA) is 47.2 Å². The van der Waals surface area contributed by atoms with Gasteiger partial charge in [0, 0.05) is 36.4 Å². The molecular formula is C25H28ClN5S. The number of hydrogen-bond donors (Lipinski definition) is 2. The number of aryl methyl sites for hydroxylation is 1. The van der Waals surface area contributed by atoms with Crippen molar-refractivity contribution in [3.05, 3.63) is 76.8 Å². The minimum atomic E-state index is -0.0659. The molecule has 7 heteroatoms. The maximum Gasteiger partial charge on any atom is 0.174 e. The number of aromatic amines is 1. The third-order valence-electron chi connectivity index (χ3n) is 6.60. The lowest BCUT2D eigenvalue weighted by molar-refractivity contribution is 0.438. The minimum absolute atomic E-state index is 0.0520. The molecule has 5 nitrogen and oxygen atoms in total. The van der Waals surface area contributed by atoms with Gasteiger partial charge in [-0.1, -0.05) is 24.6 Å². The van der Waals surface area contributed by atoms with Crippen LogP contribution in [-0.2, 0) is 0 Å². The molecule has 2 saturated heterocycles. The van der Waals surface area contributed by atoms with Gasteiger partial charge in [-0.15, -0.1) is 0 Å². The molecule has 2 unspecified atom stereocenters. The summed E-state index contributed by atoms with van der Waals surface area (Å²) in [5.74, 6) is 0.783. The third kappa shape index (κ3) is 3.97. The van der Waals surface area contributed by atoms with Crippen LogP contribution in [0.25, 0.3) is 0 Å². The third-order valence-corrected chi connectivity index (χ3v) is 7.22. The van der Waals surface area contributed by atoms with Gasteiger partial charge in [-0.3, -0.25) is 4.98 Å². The second-order valence-corrected chi connectivity index (χ2v) is 9.69. The number of nitrogens with one attached hydrogen (secondary N) is 2. The van der Waals surface area contributed by atoms with Crippen molar-refractivity contribution in [2.45, 2.75) is 38.8 Å². The van der Waals surface area contributed by atoms with Crippen molar-refractivity contribution in [3.63, 3.8) is 0 Å². The summed E-state index contributed by atoms with van der Waals surface area (Å²) in [7, 11) is 0. The second kappa shape index (κ2) is 8.75. The zero-order chi connectivity index (χ0) is 22.2. The summed E-state index contributed by atoms with van der Waals surface area (Å²) in [6, 6.07) is 16.4. The first kappa shape index (κ1) is 21.3. The van der Waals surface area contributed by atoms with Crippen LogP contribution in [0.2, 0.25) is 5.02 Å². The van der Waals surface area contributed by atoms with Gasteiger partial charge in [0.25, 0.3) is 0 Å². The Bertz CT molecular complexity index is 1110. The number of hydrogen-bond acceptors (Lipinski definition) is 3. The highest BCUT2D eigenvalue weighted by Crippen LogP contribution is 2.43. The number of benzene rings is 1. The Labute approximate surface area is 199 Å². The van der Waals surface area contributed by atoms with Crippen LogP contribution in [0.15, 0.2) is 54.7 Å². The standard InChI is InChI=1S/C25H28ClN5S/c1-16-10-13-30(14-11-16)22-9-7-18(15-19(22)26)31-24(21-8-6-17(2)28-21)23(29-25(31)32)20-5-3-4-12-27-20/h3-9,12,15-16,23-24,28H,10-11,13-14H2,1-2H3,(H,29,32). The number of aromatic nitrogens is 2. The van der Waals surface area contributed by atoms with Crippen molar-refractivity contribution >= 4 is 40.3 Å². The number of thiocarbonyl (C=S) groups is 1. The summed E-state index contributed by atoms with van der Waals surface area (Å²) in [5, 5.41) is 4.94. The van der Waals surface area contributed by atoms with Crippen molar-refractivity contribution in [1.82, 2.24) is 15.3 Å². The zero-order valence-corrected chi connectivity index (χ0v) is 20.0. The molecule has 1 aromatic carbocycles. The van der Waals surface area contributed by atoms with Gasteiger partial charge in [-0.05, 0) is 80.4 Å². The molecule has 32 heavy (non-hydrogen) atoms. The van der Waals surface area contributed by atoms with Crippen molar-refractivity contribution in [1.29, 1.82) is 0 Å². The summed E-state index contributed by atoms with van der Waals surface area (Å²) < 4.78 is 0. The molecule has 3 aromatic rings. The van der Waals surface area contributed by atoms with Gasteiger partial charge in [0.15, 0.2) is 5.11 Å². The largest absolute Gasteiger partial charge is 0.370 e. The first-order chi connectivity index (χ1) is 15.5. The van der Waals surface area contributed by atoms with E-state index in [1.807, 2.05) is 30.5 Å². The first-order valence-corrected chi connectivity index (χ1v) is 12.0. The molecule has 2 aromatic heterocycles. The van der Waals surface area contributed by atoms with Gasteiger partial charge < -0.3 is 20.1 Å². The molecule has 0 bridgehead atoms. The van der Waals surface area contributed by atoms with E-state index in [2.05, 4.69) is 63.2 Å². The van der Waals surface area contributed by atoms with Gasteiger partial charge >= 0.3 is 0 Å².